The van der Waals surface area contributed by atoms with Crippen molar-refractivity contribution in [3.8, 4) is 0 Å². The zero-order valence-electron chi connectivity index (χ0n) is 12.0. The molecule has 104 valence electrons. The minimum absolute atomic E-state index is 0.0856. The van der Waals surface area contributed by atoms with Crippen LogP contribution in [0.2, 0.25) is 0 Å². The van der Waals surface area contributed by atoms with E-state index in [2.05, 4.69) is 22.0 Å². The predicted octanol–water partition coefficient (Wildman–Crippen LogP) is 2.00. The van der Waals surface area contributed by atoms with Gasteiger partial charge in [0.1, 0.15) is 5.84 Å². The first-order valence-corrected chi connectivity index (χ1v) is 6.97. The number of nitrogens with two attached hydrogens (primary N) is 1. The summed E-state index contributed by atoms with van der Waals surface area (Å²) in [6, 6.07) is 0. The summed E-state index contributed by atoms with van der Waals surface area (Å²) in [5.74, 6) is 1.64. The maximum Gasteiger partial charge on any atom is 0.162 e. The summed E-state index contributed by atoms with van der Waals surface area (Å²) in [5, 5.41) is 16.3. The molecular formula is C14H23N5. The second-order valence-corrected chi connectivity index (χ2v) is 5.41. The monoisotopic (exact) mass is 261 g/mol. The van der Waals surface area contributed by atoms with E-state index in [0.717, 1.165) is 48.1 Å². The predicted molar refractivity (Wildman–Crippen MR) is 77.8 cm³/mol. The summed E-state index contributed by atoms with van der Waals surface area (Å²) in [4.78, 5) is 2.24. The van der Waals surface area contributed by atoms with Gasteiger partial charge in [-0.2, -0.15) is 5.10 Å². The summed E-state index contributed by atoms with van der Waals surface area (Å²) in [7, 11) is 0. The van der Waals surface area contributed by atoms with Crippen molar-refractivity contribution in [3.63, 3.8) is 0 Å². The number of aryl methyl sites for hydroxylation is 1. The van der Waals surface area contributed by atoms with E-state index in [-0.39, 0.29) is 5.84 Å². The summed E-state index contributed by atoms with van der Waals surface area (Å²) < 4.78 is 0. The number of aromatic nitrogens is 2. The highest BCUT2D eigenvalue weighted by atomic mass is 15.3. The SMILES string of the molecule is CCCN(CC1CC1)c1nnc(C)c(C)c1C(=N)N. The summed E-state index contributed by atoms with van der Waals surface area (Å²) in [6.45, 7) is 7.97. The van der Waals surface area contributed by atoms with Crippen LogP contribution in [0.5, 0.6) is 0 Å². The number of hydrogen-bond donors (Lipinski definition) is 2. The molecule has 0 bridgehead atoms. The van der Waals surface area contributed by atoms with E-state index in [1.54, 1.807) is 0 Å². The highest BCUT2D eigenvalue weighted by Crippen LogP contribution is 2.32. The van der Waals surface area contributed by atoms with Gasteiger partial charge in [-0.25, -0.2) is 0 Å². The lowest BCUT2D eigenvalue weighted by Gasteiger charge is -2.25. The number of rotatable bonds is 6. The number of hydrogen-bond acceptors (Lipinski definition) is 4. The van der Waals surface area contributed by atoms with Crippen molar-refractivity contribution in [2.45, 2.75) is 40.0 Å². The molecule has 0 saturated heterocycles. The third kappa shape index (κ3) is 3.03. The maximum atomic E-state index is 7.82. The van der Waals surface area contributed by atoms with Crippen molar-refractivity contribution in [3.05, 3.63) is 16.8 Å². The first-order chi connectivity index (χ1) is 9.04. The van der Waals surface area contributed by atoms with Gasteiger partial charge in [0, 0.05) is 13.1 Å². The second-order valence-electron chi connectivity index (χ2n) is 5.41. The molecule has 5 nitrogen and oxygen atoms in total. The molecule has 0 aromatic carbocycles. The normalized spacial score (nSPS) is 14.5. The van der Waals surface area contributed by atoms with Crippen molar-refractivity contribution in [2.24, 2.45) is 11.7 Å². The van der Waals surface area contributed by atoms with Crippen LogP contribution in [-0.4, -0.2) is 29.1 Å². The van der Waals surface area contributed by atoms with Gasteiger partial charge in [-0.05, 0) is 44.6 Å². The van der Waals surface area contributed by atoms with Gasteiger partial charge in [0.2, 0.25) is 0 Å². The average molecular weight is 261 g/mol. The van der Waals surface area contributed by atoms with Crippen LogP contribution in [0.1, 0.15) is 43.0 Å². The summed E-state index contributed by atoms with van der Waals surface area (Å²) in [6.07, 6.45) is 3.65. The van der Waals surface area contributed by atoms with E-state index in [1.165, 1.54) is 12.8 Å². The van der Waals surface area contributed by atoms with Crippen LogP contribution >= 0.6 is 0 Å². The standard InChI is InChI=1S/C14H23N5/c1-4-7-19(8-11-5-6-11)14-12(13(15)16)9(2)10(3)17-18-14/h11H,4-8H2,1-3H3,(H3,15,16). The number of anilines is 1. The molecule has 1 aliphatic rings. The van der Waals surface area contributed by atoms with Crippen molar-refractivity contribution in [1.29, 1.82) is 5.41 Å². The largest absolute Gasteiger partial charge is 0.384 e. The van der Waals surface area contributed by atoms with E-state index >= 15 is 0 Å². The molecular weight excluding hydrogens is 238 g/mol. The topological polar surface area (TPSA) is 78.9 Å². The fraction of sp³-hybridized carbons (Fsp3) is 0.643. The highest BCUT2D eigenvalue weighted by molar-refractivity contribution is 6.01. The van der Waals surface area contributed by atoms with Gasteiger partial charge in [-0.1, -0.05) is 6.92 Å². The highest BCUT2D eigenvalue weighted by Gasteiger charge is 2.27. The minimum atomic E-state index is 0.0856. The fourth-order valence-electron chi connectivity index (χ4n) is 2.31. The van der Waals surface area contributed by atoms with Crippen LogP contribution in [0, 0.1) is 25.2 Å². The van der Waals surface area contributed by atoms with Gasteiger partial charge in [0.15, 0.2) is 5.82 Å². The Bertz CT molecular complexity index is 479. The number of nitrogens with zero attached hydrogens (tertiary/aromatic N) is 3. The number of nitrogen functional groups attached to an aromatic ring is 1. The lowest BCUT2D eigenvalue weighted by Crippen LogP contribution is -2.31. The molecule has 1 heterocycles. The van der Waals surface area contributed by atoms with Gasteiger partial charge < -0.3 is 10.6 Å². The average Bonchev–Trinajstić information content (AvgIpc) is 3.15. The second kappa shape index (κ2) is 5.55. The molecule has 2 rings (SSSR count). The molecule has 0 radical (unpaired) electrons. The first kappa shape index (κ1) is 13.8. The molecule has 0 atom stereocenters. The van der Waals surface area contributed by atoms with Crippen LogP contribution in [0.4, 0.5) is 5.82 Å². The van der Waals surface area contributed by atoms with E-state index in [0.29, 0.717) is 0 Å². The van der Waals surface area contributed by atoms with Gasteiger partial charge in [-0.3, -0.25) is 5.41 Å². The Morgan fingerprint density at radius 2 is 2.05 bits per heavy atom. The zero-order valence-corrected chi connectivity index (χ0v) is 12.0. The van der Waals surface area contributed by atoms with E-state index in [4.69, 9.17) is 11.1 Å². The number of nitrogens with one attached hydrogen (secondary N) is 1. The smallest absolute Gasteiger partial charge is 0.162 e. The third-order valence-corrected chi connectivity index (χ3v) is 3.67. The zero-order chi connectivity index (χ0) is 14.0. The first-order valence-electron chi connectivity index (χ1n) is 6.97. The molecule has 5 heteroatoms. The minimum Gasteiger partial charge on any atom is -0.384 e. The molecule has 1 aromatic rings. The van der Waals surface area contributed by atoms with Crippen molar-refractivity contribution < 1.29 is 0 Å². The van der Waals surface area contributed by atoms with Gasteiger partial charge in [0.05, 0.1) is 11.3 Å². The molecule has 1 fully saturated rings. The Balaban J connectivity index is 2.39. The third-order valence-electron chi connectivity index (χ3n) is 3.67. The van der Waals surface area contributed by atoms with Crippen LogP contribution in [0.15, 0.2) is 0 Å². The molecule has 1 saturated carbocycles. The molecule has 1 aromatic heterocycles. The van der Waals surface area contributed by atoms with Gasteiger partial charge in [0.25, 0.3) is 0 Å². The van der Waals surface area contributed by atoms with Gasteiger partial charge in [-0.15, -0.1) is 5.10 Å². The molecule has 19 heavy (non-hydrogen) atoms. The van der Waals surface area contributed by atoms with Crippen LogP contribution < -0.4 is 10.6 Å². The molecule has 0 unspecified atom stereocenters. The fourth-order valence-corrected chi connectivity index (χ4v) is 2.31. The molecule has 3 N–H and O–H groups in total. The Kier molecular flexibility index (Phi) is 4.02. The molecule has 1 aliphatic carbocycles. The Labute approximate surface area is 114 Å². The molecule has 0 amide bonds. The molecule has 0 aliphatic heterocycles. The van der Waals surface area contributed by atoms with E-state index in [9.17, 15) is 0 Å². The Morgan fingerprint density at radius 3 is 2.58 bits per heavy atom. The lowest BCUT2D eigenvalue weighted by atomic mass is 10.1. The van der Waals surface area contributed by atoms with Crippen molar-refractivity contribution in [1.82, 2.24) is 10.2 Å². The van der Waals surface area contributed by atoms with Gasteiger partial charge >= 0.3 is 0 Å². The Hall–Kier alpha value is -1.65. The summed E-state index contributed by atoms with van der Waals surface area (Å²) >= 11 is 0. The van der Waals surface area contributed by atoms with Crippen LogP contribution in [-0.2, 0) is 0 Å². The molecule has 0 spiro atoms. The van der Waals surface area contributed by atoms with E-state index in [1.807, 2.05) is 13.8 Å². The van der Waals surface area contributed by atoms with E-state index < -0.39 is 0 Å². The number of amidine groups is 1. The van der Waals surface area contributed by atoms with Crippen molar-refractivity contribution >= 4 is 11.7 Å². The Morgan fingerprint density at radius 1 is 1.37 bits per heavy atom. The lowest BCUT2D eigenvalue weighted by molar-refractivity contribution is 0.690. The quantitative estimate of drug-likeness (QED) is 0.606. The van der Waals surface area contributed by atoms with Crippen molar-refractivity contribution in [2.75, 3.05) is 18.0 Å². The van der Waals surface area contributed by atoms with Crippen LogP contribution in [0.25, 0.3) is 0 Å². The maximum absolute atomic E-state index is 7.82. The summed E-state index contributed by atoms with van der Waals surface area (Å²) in [5.41, 5.74) is 8.32. The van der Waals surface area contributed by atoms with Crippen LogP contribution in [0.3, 0.4) is 0 Å².